The maximum Gasteiger partial charge on any atom is 0.293 e. The first-order valence-corrected chi connectivity index (χ1v) is 7.66. The van der Waals surface area contributed by atoms with Gasteiger partial charge in [-0.1, -0.05) is 24.3 Å². The van der Waals surface area contributed by atoms with Crippen LogP contribution >= 0.6 is 11.8 Å². The van der Waals surface area contributed by atoms with Crippen LogP contribution in [0.5, 0.6) is 0 Å². The predicted octanol–water partition coefficient (Wildman–Crippen LogP) is 4.21. The normalized spacial score (nSPS) is 16.9. The number of amides is 2. The molecule has 1 saturated heterocycles. The van der Waals surface area contributed by atoms with E-state index in [1.807, 2.05) is 0 Å². The van der Waals surface area contributed by atoms with Gasteiger partial charge < -0.3 is 4.42 Å². The monoisotopic (exact) mass is 329 g/mol. The predicted molar refractivity (Wildman–Crippen MR) is 85.8 cm³/mol. The number of hydrogen-bond donors (Lipinski definition) is 0. The molecule has 0 radical (unpaired) electrons. The molecule has 1 aliphatic heterocycles. The molecular formula is C17H12FNO3S. The van der Waals surface area contributed by atoms with Crippen LogP contribution in [-0.2, 0) is 11.3 Å². The van der Waals surface area contributed by atoms with Crippen LogP contribution in [0, 0.1) is 5.82 Å². The zero-order valence-electron chi connectivity index (χ0n) is 11.9. The molecule has 2 aromatic rings. The highest BCUT2D eigenvalue weighted by Gasteiger charge is 2.35. The maximum atomic E-state index is 13.7. The number of nitrogens with zero attached hydrogens (tertiary/aromatic N) is 1. The van der Waals surface area contributed by atoms with Gasteiger partial charge in [-0.3, -0.25) is 14.5 Å². The highest BCUT2D eigenvalue weighted by atomic mass is 32.2. The van der Waals surface area contributed by atoms with E-state index in [2.05, 4.69) is 0 Å². The first-order valence-electron chi connectivity index (χ1n) is 6.84. The first kappa shape index (κ1) is 15.3. The van der Waals surface area contributed by atoms with Crippen LogP contribution in [0.25, 0.3) is 6.08 Å². The Kier molecular flexibility index (Phi) is 4.43. The van der Waals surface area contributed by atoms with Gasteiger partial charge in [0.1, 0.15) is 11.6 Å². The van der Waals surface area contributed by atoms with Gasteiger partial charge in [0.25, 0.3) is 11.1 Å². The molecule has 6 heteroatoms. The fraction of sp³-hybridized carbons (Fsp3) is 0.0588. The van der Waals surface area contributed by atoms with Gasteiger partial charge in [0.2, 0.25) is 0 Å². The second-order valence-electron chi connectivity index (χ2n) is 4.76. The third kappa shape index (κ3) is 3.43. The van der Waals surface area contributed by atoms with Crippen LogP contribution in [0.1, 0.15) is 11.3 Å². The number of imide groups is 1. The molecule has 0 unspecified atom stereocenters. The average Bonchev–Trinajstić information content (AvgIpc) is 3.13. The molecule has 0 atom stereocenters. The molecule has 0 N–H and O–H groups in total. The molecule has 0 aliphatic carbocycles. The summed E-state index contributed by atoms with van der Waals surface area (Å²) in [6, 6.07) is 9.61. The average molecular weight is 329 g/mol. The van der Waals surface area contributed by atoms with E-state index in [1.54, 1.807) is 54.8 Å². The highest BCUT2D eigenvalue weighted by molar-refractivity contribution is 8.18. The number of rotatable bonds is 4. The molecule has 1 aromatic carbocycles. The third-order valence-corrected chi connectivity index (χ3v) is 4.14. The quantitative estimate of drug-likeness (QED) is 0.788. The van der Waals surface area contributed by atoms with Gasteiger partial charge in [-0.25, -0.2) is 4.39 Å². The zero-order valence-corrected chi connectivity index (χ0v) is 12.8. The summed E-state index contributed by atoms with van der Waals surface area (Å²) in [5, 5.41) is -0.407. The second kappa shape index (κ2) is 6.66. The molecule has 1 aromatic heterocycles. The number of allylic oxidation sites excluding steroid dienone is 2. The Labute approximate surface area is 136 Å². The molecule has 2 amide bonds. The molecule has 23 heavy (non-hydrogen) atoms. The fourth-order valence-corrected chi connectivity index (χ4v) is 2.85. The molecule has 2 heterocycles. The molecule has 0 saturated carbocycles. The smallest absolute Gasteiger partial charge is 0.293 e. The van der Waals surface area contributed by atoms with E-state index in [0.717, 1.165) is 16.7 Å². The van der Waals surface area contributed by atoms with Crippen molar-refractivity contribution in [3.8, 4) is 0 Å². The molecule has 1 fully saturated rings. The van der Waals surface area contributed by atoms with Crippen molar-refractivity contribution in [2.45, 2.75) is 6.54 Å². The Bertz CT molecular complexity index is 796. The van der Waals surface area contributed by atoms with Gasteiger partial charge in [0.05, 0.1) is 17.7 Å². The molecule has 4 nitrogen and oxygen atoms in total. The van der Waals surface area contributed by atoms with E-state index >= 15 is 0 Å². The maximum absolute atomic E-state index is 13.7. The SMILES string of the molecule is O=C1S/C(=C\C=C\c2ccco2)C(=O)N1Cc1ccccc1F. The number of furan rings is 1. The molecular weight excluding hydrogens is 317 g/mol. The van der Waals surface area contributed by atoms with Crippen molar-refractivity contribution in [2.75, 3.05) is 0 Å². The summed E-state index contributed by atoms with van der Waals surface area (Å²) in [4.78, 5) is 25.6. The lowest BCUT2D eigenvalue weighted by molar-refractivity contribution is -0.123. The Morgan fingerprint density at radius 3 is 2.74 bits per heavy atom. The highest BCUT2D eigenvalue weighted by Crippen LogP contribution is 2.32. The van der Waals surface area contributed by atoms with E-state index in [4.69, 9.17) is 4.42 Å². The summed E-state index contributed by atoms with van der Waals surface area (Å²) in [6.07, 6.45) is 6.42. The molecule has 0 bridgehead atoms. The van der Waals surface area contributed by atoms with E-state index < -0.39 is 17.0 Å². The summed E-state index contributed by atoms with van der Waals surface area (Å²) in [6.45, 7) is -0.0728. The van der Waals surface area contributed by atoms with Crippen molar-refractivity contribution in [3.05, 3.63) is 76.9 Å². The van der Waals surface area contributed by atoms with Crippen molar-refractivity contribution in [2.24, 2.45) is 0 Å². The minimum atomic E-state index is -0.437. The topological polar surface area (TPSA) is 50.5 Å². The van der Waals surface area contributed by atoms with Crippen molar-refractivity contribution < 1.29 is 18.4 Å². The van der Waals surface area contributed by atoms with E-state index in [-0.39, 0.29) is 6.54 Å². The van der Waals surface area contributed by atoms with Crippen molar-refractivity contribution in [1.29, 1.82) is 0 Å². The number of hydrogen-bond acceptors (Lipinski definition) is 4. The van der Waals surface area contributed by atoms with E-state index in [0.29, 0.717) is 16.2 Å². The van der Waals surface area contributed by atoms with Crippen LogP contribution in [0.2, 0.25) is 0 Å². The summed E-state index contributed by atoms with van der Waals surface area (Å²) in [5.41, 5.74) is 0.308. The lowest BCUT2D eigenvalue weighted by Crippen LogP contribution is -2.27. The summed E-state index contributed by atoms with van der Waals surface area (Å²) < 4.78 is 18.8. The summed E-state index contributed by atoms with van der Waals surface area (Å²) >= 11 is 0.838. The lowest BCUT2D eigenvalue weighted by atomic mass is 10.2. The summed E-state index contributed by atoms with van der Waals surface area (Å²) in [7, 11) is 0. The number of carbonyl (C=O) groups excluding carboxylic acids is 2. The Morgan fingerprint density at radius 2 is 2.00 bits per heavy atom. The largest absolute Gasteiger partial charge is 0.465 e. The Morgan fingerprint density at radius 1 is 1.17 bits per heavy atom. The second-order valence-corrected chi connectivity index (χ2v) is 5.75. The van der Waals surface area contributed by atoms with Gasteiger partial charge in [-0.05, 0) is 42.1 Å². The number of benzene rings is 1. The lowest BCUT2D eigenvalue weighted by Gasteiger charge is -2.12. The Hall–Kier alpha value is -2.60. The third-order valence-electron chi connectivity index (χ3n) is 3.21. The number of thioether (sulfide) groups is 1. The van der Waals surface area contributed by atoms with Gasteiger partial charge in [0.15, 0.2) is 0 Å². The first-order chi connectivity index (χ1) is 11.1. The van der Waals surface area contributed by atoms with Crippen LogP contribution in [0.15, 0.2) is 64.1 Å². The molecule has 1 aliphatic rings. The van der Waals surface area contributed by atoms with Gasteiger partial charge in [-0.15, -0.1) is 0 Å². The van der Waals surface area contributed by atoms with E-state index in [9.17, 15) is 14.0 Å². The minimum absolute atomic E-state index is 0.0728. The minimum Gasteiger partial charge on any atom is -0.465 e. The molecule has 3 rings (SSSR count). The van der Waals surface area contributed by atoms with Gasteiger partial charge >= 0.3 is 0 Å². The van der Waals surface area contributed by atoms with Crippen LogP contribution in [0.3, 0.4) is 0 Å². The van der Waals surface area contributed by atoms with Crippen LogP contribution < -0.4 is 0 Å². The van der Waals surface area contributed by atoms with Crippen molar-refractivity contribution in [3.63, 3.8) is 0 Å². The Balaban J connectivity index is 1.73. The van der Waals surface area contributed by atoms with Crippen LogP contribution in [0.4, 0.5) is 9.18 Å². The zero-order chi connectivity index (χ0) is 16.2. The van der Waals surface area contributed by atoms with Crippen LogP contribution in [-0.4, -0.2) is 16.0 Å². The van der Waals surface area contributed by atoms with Crippen molar-refractivity contribution in [1.82, 2.24) is 4.90 Å². The molecule has 0 spiro atoms. The van der Waals surface area contributed by atoms with E-state index in [1.165, 1.54) is 6.07 Å². The summed E-state index contributed by atoms with van der Waals surface area (Å²) in [5.74, 6) is -0.215. The molecule has 116 valence electrons. The van der Waals surface area contributed by atoms with Crippen molar-refractivity contribution >= 4 is 29.0 Å². The van der Waals surface area contributed by atoms with Gasteiger partial charge in [0, 0.05) is 5.56 Å². The number of halogens is 1. The van der Waals surface area contributed by atoms with Gasteiger partial charge in [-0.2, -0.15) is 0 Å². The number of carbonyl (C=O) groups is 2. The standard InChI is InChI=1S/C17H12FNO3S/c18-14-8-2-1-5-12(14)11-19-16(20)15(23-17(19)21)9-3-6-13-7-4-10-22-13/h1-10H,11H2/b6-3+,15-9-. The fourth-order valence-electron chi connectivity index (χ4n) is 2.06.